The second-order valence-corrected chi connectivity index (χ2v) is 5.74. The average molecular weight is 365 g/mol. The summed E-state index contributed by atoms with van der Waals surface area (Å²) in [6.45, 7) is 0.112. The van der Waals surface area contributed by atoms with Crippen LogP contribution < -0.4 is 11.1 Å². The number of nitrogens with one attached hydrogen (secondary N) is 1. The molecule has 0 aliphatic carbocycles. The number of carbonyl (C=O) groups is 1. The van der Waals surface area contributed by atoms with Gasteiger partial charge in [-0.05, 0) is 34.2 Å². The van der Waals surface area contributed by atoms with Gasteiger partial charge in [-0.2, -0.15) is 13.2 Å². The normalized spacial score (nSPS) is 12.5. The summed E-state index contributed by atoms with van der Waals surface area (Å²) >= 11 is -0.361. The highest BCUT2D eigenvalue weighted by molar-refractivity contribution is 8.00. The molecule has 0 spiro atoms. The van der Waals surface area contributed by atoms with Crippen molar-refractivity contribution in [3.63, 3.8) is 0 Å². The molecule has 0 saturated carbocycles. The zero-order chi connectivity index (χ0) is 16.2. The molecule has 0 heterocycles. The Hall–Kier alpha value is -1.44. The largest absolute Gasteiger partial charge is 0.442 e. The van der Waals surface area contributed by atoms with Gasteiger partial charge >= 0.3 is 5.51 Å². The fourth-order valence-electron chi connectivity index (χ4n) is 2.09. The van der Waals surface area contributed by atoms with E-state index in [9.17, 15) is 18.0 Å². The number of fused-ring (bicyclic) bond motifs is 1. The Kier molecular flexibility index (Phi) is 7.18. The zero-order valence-corrected chi connectivity index (χ0v) is 13.6. The fraction of sp³-hybridized carbons (Fsp3) is 0.267. The maximum atomic E-state index is 12.1. The average Bonchev–Trinajstić information content (AvgIpc) is 2.49. The lowest BCUT2D eigenvalue weighted by Gasteiger charge is -2.18. The molecule has 0 bridgehead atoms. The fourth-order valence-corrected chi connectivity index (χ4v) is 2.46. The first-order chi connectivity index (χ1) is 10.4. The maximum Gasteiger partial charge on any atom is 0.442 e. The molecule has 2 aromatic carbocycles. The first kappa shape index (κ1) is 19.6. The third-order valence-electron chi connectivity index (χ3n) is 3.11. The van der Waals surface area contributed by atoms with Crippen LogP contribution in [0.15, 0.2) is 42.5 Å². The van der Waals surface area contributed by atoms with Gasteiger partial charge in [0.25, 0.3) is 0 Å². The van der Waals surface area contributed by atoms with E-state index in [2.05, 4.69) is 5.32 Å². The Labute approximate surface area is 142 Å². The molecule has 2 rings (SSSR count). The van der Waals surface area contributed by atoms with Crippen LogP contribution in [0.1, 0.15) is 11.6 Å². The summed E-state index contributed by atoms with van der Waals surface area (Å²) in [6.07, 6.45) is 0. The van der Waals surface area contributed by atoms with E-state index in [0.717, 1.165) is 16.3 Å². The Bertz CT molecular complexity index is 666. The van der Waals surface area contributed by atoms with Gasteiger partial charge in [0.1, 0.15) is 0 Å². The number of benzene rings is 2. The quantitative estimate of drug-likeness (QED) is 0.851. The number of alkyl halides is 3. The molecule has 0 aliphatic heterocycles. The summed E-state index contributed by atoms with van der Waals surface area (Å²) in [5.74, 6) is -1.36. The molecular weight excluding hydrogens is 349 g/mol. The summed E-state index contributed by atoms with van der Waals surface area (Å²) in [5, 5.41) is 4.56. The van der Waals surface area contributed by atoms with Crippen LogP contribution in [0.5, 0.6) is 0 Å². The number of amides is 1. The van der Waals surface area contributed by atoms with E-state index in [-0.39, 0.29) is 30.7 Å². The predicted molar refractivity (Wildman–Crippen MR) is 89.6 cm³/mol. The lowest BCUT2D eigenvalue weighted by molar-refractivity contribution is -0.119. The van der Waals surface area contributed by atoms with Crippen LogP contribution in [0, 0.1) is 0 Å². The molecule has 8 heteroatoms. The second-order valence-electron chi connectivity index (χ2n) is 4.70. The number of rotatable bonds is 5. The van der Waals surface area contributed by atoms with Gasteiger partial charge in [0, 0.05) is 6.54 Å². The van der Waals surface area contributed by atoms with Gasteiger partial charge in [-0.3, -0.25) is 4.79 Å². The second kappa shape index (κ2) is 8.42. The maximum absolute atomic E-state index is 12.1. The first-order valence-electron chi connectivity index (χ1n) is 6.58. The third kappa shape index (κ3) is 5.93. The van der Waals surface area contributed by atoms with Crippen molar-refractivity contribution in [1.29, 1.82) is 0 Å². The smallest absolute Gasteiger partial charge is 0.347 e. The lowest BCUT2D eigenvalue weighted by Crippen LogP contribution is -2.35. The minimum absolute atomic E-state index is 0. The van der Waals surface area contributed by atoms with E-state index < -0.39 is 23.2 Å². The number of hydrogen-bond acceptors (Lipinski definition) is 3. The molecule has 2 aromatic rings. The number of carbonyl (C=O) groups excluding carboxylic acids is 1. The van der Waals surface area contributed by atoms with Crippen molar-refractivity contribution >= 4 is 40.8 Å². The molecule has 126 valence electrons. The molecule has 1 unspecified atom stereocenters. The number of halogens is 4. The number of thioether (sulfide) groups is 1. The van der Waals surface area contributed by atoms with E-state index in [1.54, 1.807) is 0 Å². The van der Waals surface area contributed by atoms with Crippen LogP contribution >= 0.6 is 24.2 Å². The Balaban J connectivity index is 0.00000264. The van der Waals surface area contributed by atoms with Gasteiger partial charge in [0.2, 0.25) is 5.91 Å². The van der Waals surface area contributed by atoms with Crippen LogP contribution in [0.2, 0.25) is 0 Å². The van der Waals surface area contributed by atoms with Crippen LogP contribution in [-0.2, 0) is 4.79 Å². The predicted octanol–water partition coefficient (Wildman–Crippen LogP) is 3.63. The van der Waals surface area contributed by atoms with Gasteiger partial charge in [-0.15, -0.1) is 12.4 Å². The molecule has 1 amide bonds. The molecule has 0 aromatic heterocycles. The number of hydrogen-bond donors (Lipinski definition) is 2. The van der Waals surface area contributed by atoms with E-state index in [0.29, 0.717) is 0 Å². The minimum atomic E-state index is -4.42. The monoisotopic (exact) mass is 364 g/mol. The van der Waals surface area contributed by atoms with Gasteiger partial charge in [-0.25, -0.2) is 0 Å². The summed E-state index contributed by atoms with van der Waals surface area (Å²) in [5.41, 5.74) is 1.99. The SMILES string of the molecule is Cl.NCC(NC(=O)CSC(F)(F)F)c1ccc2ccccc2c1. The molecule has 23 heavy (non-hydrogen) atoms. The van der Waals surface area contributed by atoms with Crippen molar-refractivity contribution in [2.75, 3.05) is 12.3 Å². The molecule has 3 N–H and O–H groups in total. The van der Waals surface area contributed by atoms with E-state index >= 15 is 0 Å². The van der Waals surface area contributed by atoms with Crippen molar-refractivity contribution in [3.05, 3.63) is 48.0 Å². The van der Waals surface area contributed by atoms with Crippen LogP contribution in [0.3, 0.4) is 0 Å². The van der Waals surface area contributed by atoms with Crippen molar-refractivity contribution in [1.82, 2.24) is 5.32 Å². The van der Waals surface area contributed by atoms with Gasteiger partial charge < -0.3 is 11.1 Å². The van der Waals surface area contributed by atoms with E-state index in [1.165, 1.54) is 0 Å². The highest BCUT2D eigenvalue weighted by Crippen LogP contribution is 2.30. The van der Waals surface area contributed by atoms with Crippen LogP contribution in [0.4, 0.5) is 13.2 Å². The zero-order valence-electron chi connectivity index (χ0n) is 12.0. The lowest BCUT2D eigenvalue weighted by atomic mass is 10.0. The summed E-state index contributed by atoms with van der Waals surface area (Å²) in [4.78, 5) is 11.6. The van der Waals surface area contributed by atoms with Crippen molar-refractivity contribution in [2.45, 2.75) is 11.6 Å². The first-order valence-corrected chi connectivity index (χ1v) is 7.56. The topological polar surface area (TPSA) is 55.1 Å². The van der Waals surface area contributed by atoms with E-state index in [1.807, 2.05) is 42.5 Å². The van der Waals surface area contributed by atoms with Crippen molar-refractivity contribution in [3.8, 4) is 0 Å². The van der Waals surface area contributed by atoms with Gasteiger partial charge in [0.15, 0.2) is 0 Å². The molecule has 3 nitrogen and oxygen atoms in total. The van der Waals surface area contributed by atoms with Crippen molar-refractivity contribution in [2.24, 2.45) is 5.73 Å². The molecular formula is C15H16ClF3N2OS. The summed E-state index contributed by atoms with van der Waals surface area (Å²) in [6, 6.07) is 12.8. The molecule has 0 aliphatic rings. The van der Waals surface area contributed by atoms with Crippen LogP contribution in [0.25, 0.3) is 10.8 Å². The minimum Gasteiger partial charge on any atom is -0.347 e. The third-order valence-corrected chi connectivity index (χ3v) is 3.85. The standard InChI is InChI=1S/C15H15F3N2OS.ClH/c16-15(17,18)22-9-14(21)20-13(8-19)12-6-5-10-3-1-2-4-11(10)7-12;/h1-7,13H,8-9,19H2,(H,20,21);1H. The Morgan fingerprint density at radius 3 is 2.43 bits per heavy atom. The van der Waals surface area contributed by atoms with Gasteiger partial charge in [-0.1, -0.05) is 36.4 Å². The summed E-state index contributed by atoms with van der Waals surface area (Å²) in [7, 11) is 0. The Morgan fingerprint density at radius 2 is 1.83 bits per heavy atom. The van der Waals surface area contributed by atoms with Crippen molar-refractivity contribution < 1.29 is 18.0 Å². The summed E-state index contributed by atoms with van der Waals surface area (Å²) < 4.78 is 36.3. The molecule has 1 atom stereocenters. The number of nitrogens with two attached hydrogens (primary N) is 1. The van der Waals surface area contributed by atoms with E-state index in [4.69, 9.17) is 5.73 Å². The molecule has 0 radical (unpaired) electrons. The molecule has 0 fully saturated rings. The highest BCUT2D eigenvalue weighted by Gasteiger charge is 2.29. The van der Waals surface area contributed by atoms with Crippen LogP contribution in [-0.4, -0.2) is 23.7 Å². The van der Waals surface area contributed by atoms with Gasteiger partial charge in [0.05, 0.1) is 11.8 Å². The highest BCUT2D eigenvalue weighted by atomic mass is 35.5. The Morgan fingerprint density at radius 1 is 1.17 bits per heavy atom. The molecule has 0 saturated heterocycles.